The van der Waals surface area contributed by atoms with Crippen molar-refractivity contribution in [2.45, 2.75) is 19.4 Å². The highest BCUT2D eigenvalue weighted by atomic mass is 16.5. The Kier molecular flexibility index (Phi) is 4.84. The van der Waals surface area contributed by atoms with Crippen LogP contribution in [-0.4, -0.2) is 37.1 Å². The third-order valence-electron chi connectivity index (χ3n) is 4.61. The second-order valence-electron chi connectivity index (χ2n) is 6.35. The highest BCUT2D eigenvalue weighted by molar-refractivity contribution is 6.07. The molecule has 0 aromatic heterocycles. The third kappa shape index (κ3) is 3.22. The smallest absolute Gasteiger partial charge is 0.325 e. The van der Waals surface area contributed by atoms with Gasteiger partial charge in [0.05, 0.1) is 13.7 Å². The zero-order chi connectivity index (χ0) is 18.7. The Morgan fingerprint density at radius 3 is 2.42 bits per heavy atom. The van der Waals surface area contributed by atoms with Gasteiger partial charge in [-0.05, 0) is 43.2 Å². The number of urea groups is 1. The molecule has 0 saturated carbocycles. The van der Waals surface area contributed by atoms with E-state index in [1.165, 1.54) is 4.90 Å². The summed E-state index contributed by atoms with van der Waals surface area (Å²) >= 11 is 0. The number of aryl methyl sites for hydroxylation is 1. The molecule has 3 amide bonds. The van der Waals surface area contributed by atoms with E-state index in [0.29, 0.717) is 11.3 Å². The number of methoxy groups -OCH3 is 1. The number of carbonyl (C=O) groups is 2. The van der Waals surface area contributed by atoms with E-state index in [1.54, 1.807) is 38.3 Å². The molecule has 2 aromatic carbocycles. The van der Waals surface area contributed by atoms with E-state index in [4.69, 9.17) is 9.47 Å². The Bertz CT molecular complexity index is 819. The lowest BCUT2D eigenvalue weighted by Gasteiger charge is -2.22. The summed E-state index contributed by atoms with van der Waals surface area (Å²) in [5.41, 5.74) is 0.623. The molecule has 26 heavy (non-hydrogen) atoms. The van der Waals surface area contributed by atoms with Gasteiger partial charge in [-0.15, -0.1) is 0 Å². The number of para-hydroxylation sites is 1. The van der Waals surface area contributed by atoms with Crippen LogP contribution >= 0.6 is 0 Å². The second-order valence-corrected chi connectivity index (χ2v) is 6.35. The Morgan fingerprint density at radius 1 is 1.08 bits per heavy atom. The van der Waals surface area contributed by atoms with Crippen molar-refractivity contribution in [3.63, 3.8) is 0 Å². The molecule has 0 unspecified atom stereocenters. The number of rotatable bonds is 6. The maximum Gasteiger partial charge on any atom is 0.325 e. The Balaban J connectivity index is 1.69. The minimum Gasteiger partial charge on any atom is -0.497 e. The number of benzene rings is 2. The van der Waals surface area contributed by atoms with Gasteiger partial charge in [0.15, 0.2) is 0 Å². The summed E-state index contributed by atoms with van der Waals surface area (Å²) in [6.07, 6.45) is 0. The van der Waals surface area contributed by atoms with Crippen LogP contribution in [0, 0.1) is 6.92 Å². The van der Waals surface area contributed by atoms with Gasteiger partial charge in [0.2, 0.25) is 0 Å². The molecule has 1 aliphatic rings. The summed E-state index contributed by atoms with van der Waals surface area (Å²) in [6.45, 7) is 4.08. The van der Waals surface area contributed by atoms with Gasteiger partial charge in [-0.1, -0.05) is 30.3 Å². The highest BCUT2D eigenvalue weighted by Crippen LogP contribution is 2.30. The molecule has 1 saturated heterocycles. The fourth-order valence-corrected chi connectivity index (χ4v) is 2.99. The Hall–Kier alpha value is -3.02. The van der Waals surface area contributed by atoms with Crippen molar-refractivity contribution in [2.24, 2.45) is 0 Å². The van der Waals surface area contributed by atoms with E-state index >= 15 is 0 Å². The minimum absolute atomic E-state index is 0.185. The molecule has 136 valence electrons. The van der Waals surface area contributed by atoms with Gasteiger partial charge < -0.3 is 14.8 Å². The Labute approximate surface area is 152 Å². The van der Waals surface area contributed by atoms with Gasteiger partial charge in [0, 0.05) is 0 Å². The van der Waals surface area contributed by atoms with Gasteiger partial charge in [0.1, 0.15) is 23.6 Å². The predicted octanol–water partition coefficient (Wildman–Crippen LogP) is 2.85. The molecule has 1 heterocycles. The van der Waals surface area contributed by atoms with Crippen LogP contribution in [0.15, 0.2) is 48.5 Å². The number of carbonyl (C=O) groups excluding carboxylic acids is 2. The molecule has 0 bridgehead atoms. The van der Waals surface area contributed by atoms with Crippen LogP contribution in [0.25, 0.3) is 0 Å². The van der Waals surface area contributed by atoms with Gasteiger partial charge in [0.25, 0.3) is 5.91 Å². The monoisotopic (exact) mass is 354 g/mol. The molecular formula is C20H22N2O4. The lowest BCUT2D eigenvalue weighted by molar-refractivity contribution is -0.131. The van der Waals surface area contributed by atoms with E-state index in [2.05, 4.69) is 5.32 Å². The molecule has 3 rings (SSSR count). The van der Waals surface area contributed by atoms with Crippen molar-refractivity contribution in [1.82, 2.24) is 10.2 Å². The largest absolute Gasteiger partial charge is 0.497 e. The summed E-state index contributed by atoms with van der Waals surface area (Å²) in [5.74, 6) is 1.15. The van der Waals surface area contributed by atoms with Crippen LogP contribution in [0.1, 0.15) is 18.1 Å². The number of hydrogen-bond acceptors (Lipinski definition) is 4. The standard InChI is InChI=1S/C20H22N2O4/c1-14-6-4-5-7-17(14)26-13-12-22-18(23)20(2,21-19(22)24)15-8-10-16(25-3)11-9-15/h4-11H,12-13H2,1-3H3,(H,21,24)/t20-/m0/s1. The van der Waals surface area contributed by atoms with Crippen LogP contribution in [0.3, 0.4) is 0 Å². The summed E-state index contributed by atoms with van der Waals surface area (Å²) in [4.78, 5) is 26.4. The van der Waals surface area contributed by atoms with Gasteiger partial charge in [-0.2, -0.15) is 0 Å². The van der Waals surface area contributed by atoms with Crippen molar-refractivity contribution in [2.75, 3.05) is 20.3 Å². The first kappa shape index (κ1) is 17.8. The highest BCUT2D eigenvalue weighted by Gasteiger charge is 2.48. The third-order valence-corrected chi connectivity index (χ3v) is 4.61. The number of ether oxygens (including phenoxy) is 2. The summed E-state index contributed by atoms with van der Waals surface area (Å²) in [6, 6.07) is 14.3. The first-order valence-corrected chi connectivity index (χ1v) is 8.43. The number of nitrogens with zero attached hydrogens (tertiary/aromatic N) is 1. The van der Waals surface area contributed by atoms with Crippen LogP contribution in [0.4, 0.5) is 4.79 Å². The zero-order valence-electron chi connectivity index (χ0n) is 15.1. The van der Waals surface area contributed by atoms with Crippen molar-refractivity contribution in [3.05, 3.63) is 59.7 Å². The molecule has 1 N–H and O–H groups in total. The lowest BCUT2D eigenvalue weighted by atomic mass is 9.92. The molecule has 1 atom stereocenters. The average molecular weight is 354 g/mol. The maximum atomic E-state index is 12.9. The fourth-order valence-electron chi connectivity index (χ4n) is 2.99. The number of nitrogens with one attached hydrogen (secondary N) is 1. The molecule has 0 radical (unpaired) electrons. The van der Waals surface area contributed by atoms with E-state index in [1.807, 2.05) is 31.2 Å². The van der Waals surface area contributed by atoms with E-state index < -0.39 is 11.6 Å². The van der Waals surface area contributed by atoms with Crippen LogP contribution < -0.4 is 14.8 Å². The molecule has 6 heteroatoms. The van der Waals surface area contributed by atoms with E-state index in [-0.39, 0.29) is 19.1 Å². The van der Waals surface area contributed by atoms with Gasteiger partial charge in [-0.25, -0.2) is 4.79 Å². The minimum atomic E-state index is -1.09. The molecule has 0 aliphatic carbocycles. The van der Waals surface area contributed by atoms with Crippen LogP contribution in [0.5, 0.6) is 11.5 Å². The average Bonchev–Trinajstić information content (AvgIpc) is 2.87. The molecule has 0 spiro atoms. The predicted molar refractivity (Wildman–Crippen MR) is 97.3 cm³/mol. The van der Waals surface area contributed by atoms with Crippen molar-refractivity contribution < 1.29 is 19.1 Å². The quantitative estimate of drug-likeness (QED) is 0.810. The van der Waals surface area contributed by atoms with E-state index in [9.17, 15) is 9.59 Å². The molecule has 2 aromatic rings. The molecule has 1 aliphatic heterocycles. The van der Waals surface area contributed by atoms with Gasteiger partial charge in [-0.3, -0.25) is 9.69 Å². The summed E-state index contributed by atoms with van der Waals surface area (Å²) < 4.78 is 10.8. The van der Waals surface area contributed by atoms with Crippen molar-refractivity contribution in [1.29, 1.82) is 0 Å². The van der Waals surface area contributed by atoms with Crippen LogP contribution in [-0.2, 0) is 10.3 Å². The first-order valence-electron chi connectivity index (χ1n) is 8.43. The molecular weight excluding hydrogens is 332 g/mol. The lowest BCUT2D eigenvalue weighted by Crippen LogP contribution is -2.41. The first-order chi connectivity index (χ1) is 12.5. The Morgan fingerprint density at radius 2 is 1.77 bits per heavy atom. The van der Waals surface area contributed by atoms with E-state index in [0.717, 1.165) is 11.3 Å². The van der Waals surface area contributed by atoms with Crippen molar-refractivity contribution >= 4 is 11.9 Å². The summed E-state index contributed by atoms with van der Waals surface area (Å²) in [5, 5.41) is 2.79. The van der Waals surface area contributed by atoms with Crippen LogP contribution in [0.2, 0.25) is 0 Å². The fraction of sp³-hybridized carbons (Fsp3) is 0.300. The maximum absolute atomic E-state index is 12.9. The SMILES string of the molecule is COc1ccc([C@]2(C)NC(=O)N(CCOc3ccccc3C)C2=O)cc1. The topological polar surface area (TPSA) is 67.9 Å². The molecule has 6 nitrogen and oxygen atoms in total. The van der Waals surface area contributed by atoms with Crippen molar-refractivity contribution in [3.8, 4) is 11.5 Å². The normalized spacial score (nSPS) is 19.4. The summed E-state index contributed by atoms with van der Waals surface area (Å²) in [7, 11) is 1.58. The number of imide groups is 1. The van der Waals surface area contributed by atoms with Gasteiger partial charge >= 0.3 is 6.03 Å². The second kappa shape index (κ2) is 7.07. The number of amides is 3. The zero-order valence-corrected chi connectivity index (χ0v) is 15.1. The molecule has 1 fully saturated rings. The number of hydrogen-bond donors (Lipinski definition) is 1.